The third-order valence-corrected chi connectivity index (χ3v) is 13.1. The highest BCUT2D eigenvalue weighted by atomic mass is 16.5. The molecule has 300 valence electrons. The van der Waals surface area contributed by atoms with Gasteiger partial charge in [-0.25, -0.2) is 0 Å². The molecule has 7 aromatic carbocycles. The molecule has 2 aromatic heterocycles. The summed E-state index contributed by atoms with van der Waals surface area (Å²) in [6.07, 6.45) is 2.03. The van der Waals surface area contributed by atoms with E-state index in [-0.39, 0.29) is 11.0 Å². The second-order valence-corrected chi connectivity index (χ2v) is 18.0. The van der Waals surface area contributed by atoms with E-state index in [1.165, 1.54) is 17.7 Å². The molecule has 1 spiro atoms. The molecule has 4 heteroatoms. The van der Waals surface area contributed by atoms with Crippen LogP contribution in [-0.4, -0.2) is 4.57 Å². The Morgan fingerprint density at radius 2 is 1.23 bits per heavy atom. The zero-order valence-electron chi connectivity index (χ0n) is 43.9. The third kappa shape index (κ3) is 5.13. The molecule has 0 amide bonds. The quantitative estimate of drug-likeness (QED) is 0.162. The van der Waals surface area contributed by atoms with E-state index in [0.717, 1.165) is 89.4 Å². The second kappa shape index (κ2) is 12.7. The number of fused-ring (bicyclic) bond motifs is 5. The van der Waals surface area contributed by atoms with Crippen molar-refractivity contribution in [1.29, 1.82) is 0 Å². The summed E-state index contributed by atoms with van der Waals surface area (Å²) in [5.41, 5.74) is 13.5. The summed E-state index contributed by atoms with van der Waals surface area (Å²) in [7, 11) is 0. The van der Waals surface area contributed by atoms with Crippen molar-refractivity contribution in [1.82, 2.24) is 4.57 Å². The first-order valence-corrected chi connectivity index (χ1v) is 21.2. The van der Waals surface area contributed by atoms with Crippen LogP contribution >= 0.6 is 0 Å². The monoisotopic (exact) mass is 812 g/mol. The number of aryl methyl sites for hydroxylation is 1. The minimum atomic E-state index is -3.37. The number of nitrogens with zero attached hydrogens (tertiary/aromatic N) is 3. The van der Waals surface area contributed by atoms with Crippen molar-refractivity contribution in [3.05, 3.63) is 192 Å². The van der Waals surface area contributed by atoms with Gasteiger partial charge in [-0.05, 0) is 105 Å². The molecule has 0 saturated heterocycles. The van der Waals surface area contributed by atoms with E-state index in [9.17, 15) is 0 Å². The van der Waals surface area contributed by atoms with E-state index in [0.29, 0.717) is 11.3 Å². The third-order valence-electron chi connectivity index (χ3n) is 13.1. The molecular formula is C58H49N3O+2. The highest BCUT2D eigenvalue weighted by Crippen LogP contribution is 2.54. The van der Waals surface area contributed by atoms with Crippen molar-refractivity contribution >= 4 is 11.0 Å². The summed E-state index contributed by atoms with van der Waals surface area (Å²) in [4.78, 5) is 0. The Labute approximate surface area is 376 Å². The maximum absolute atomic E-state index is 8.32. The average Bonchev–Trinajstić information content (AvgIpc) is 3.82. The van der Waals surface area contributed by atoms with Crippen LogP contribution in [0.5, 0.6) is 5.75 Å². The highest BCUT2D eigenvalue weighted by Gasteiger charge is 2.68. The lowest BCUT2D eigenvalue weighted by Gasteiger charge is -2.32. The van der Waals surface area contributed by atoms with Gasteiger partial charge < -0.3 is 4.74 Å². The van der Waals surface area contributed by atoms with Gasteiger partial charge in [0.2, 0.25) is 5.69 Å². The van der Waals surface area contributed by atoms with Gasteiger partial charge in [0.1, 0.15) is 22.6 Å². The zero-order chi connectivity index (χ0) is 49.8. The first kappa shape index (κ1) is 28.5. The molecule has 3 aliphatic heterocycles. The number of pyridine rings is 1. The molecule has 0 fully saturated rings. The van der Waals surface area contributed by atoms with Crippen LogP contribution in [0.4, 0.5) is 0 Å². The standard InChI is InChI=1S/C58H49N3O/c1-36-20-29-49(46(32-36)39-23-27-43(28-24-39)57(5,6)7)60-50-18-13-17-44-47-33-41(37-14-9-8-10-15-37)34-48-51-35-40(38-21-25-42(26-22-38)56(2,3)4)30-31-59(51)58(53(47)48)61(54(44)50)55(60)45-16-11-12-19-52(45)62-58/h8-35H,1-7H3/q+2/i2D3,3D3,4D3. The van der Waals surface area contributed by atoms with Gasteiger partial charge in [0.05, 0.1) is 5.56 Å². The van der Waals surface area contributed by atoms with Crippen molar-refractivity contribution in [2.45, 2.75) is 64.9 Å². The molecule has 3 aliphatic rings. The van der Waals surface area contributed by atoms with Gasteiger partial charge in [-0.15, -0.1) is 9.13 Å². The molecule has 0 bridgehead atoms. The largest absolute Gasteiger partial charge is 0.499 e. The van der Waals surface area contributed by atoms with Crippen LogP contribution in [0.1, 0.15) is 75.9 Å². The molecule has 1 unspecified atom stereocenters. The second-order valence-electron chi connectivity index (χ2n) is 18.0. The number of ether oxygens (including phenoxy) is 1. The van der Waals surface area contributed by atoms with Gasteiger partial charge in [0, 0.05) is 41.2 Å². The fourth-order valence-electron chi connectivity index (χ4n) is 10.1. The van der Waals surface area contributed by atoms with Gasteiger partial charge in [-0.1, -0.05) is 150 Å². The van der Waals surface area contributed by atoms with Crippen LogP contribution in [0.2, 0.25) is 0 Å². The first-order chi connectivity index (χ1) is 33.6. The maximum atomic E-state index is 8.32. The Balaban J connectivity index is 1.14. The summed E-state index contributed by atoms with van der Waals surface area (Å²) in [5, 5.41) is 0. The van der Waals surface area contributed by atoms with E-state index in [2.05, 4.69) is 145 Å². The average molecular weight is 813 g/mol. The number of para-hydroxylation sites is 2. The normalized spacial score (nSPS) is 18.3. The molecule has 12 rings (SSSR count). The van der Waals surface area contributed by atoms with E-state index in [4.69, 9.17) is 17.1 Å². The first-order valence-electron chi connectivity index (χ1n) is 25.7. The minimum Gasteiger partial charge on any atom is -0.392 e. The van der Waals surface area contributed by atoms with Crippen LogP contribution in [0.15, 0.2) is 170 Å². The van der Waals surface area contributed by atoms with Crippen molar-refractivity contribution in [3.63, 3.8) is 0 Å². The van der Waals surface area contributed by atoms with Crippen molar-refractivity contribution in [2.75, 3.05) is 0 Å². The molecular weight excluding hydrogens is 755 g/mol. The predicted molar refractivity (Wildman–Crippen MR) is 252 cm³/mol. The molecule has 0 saturated carbocycles. The number of rotatable bonds is 4. The molecule has 62 heavy (non-hydrogen) atoms. The lowest BCUT2D eigenvalue weighted by molar-refractivity contribution is -0.997. The summed E-state index contributed by atoms with van der Waals surface area (Å²) >= 11 is 0. The maximum Gasteiger partial charge on any atom is 0.499 e. The number of hydrogen-bond acceptors (Lipinski definition) is 1. The van der Waals surface area contributed by atoms with Gasteiger partial charge in [0.15, 0.2) is 17.2 Å². The predicted octanol–water partition coefficient (Wildman–Crippen LogP) is 13.3. The Hall–Kier alpha value is -7.04. The molecule has 4 nitrogen and oxygen atoms in total. The molecule has 9 aromatic rings. The van der Waals surface area contributed by atoms with Gasteiger partial charge in [0.25, 0.3) is 0 Å². The highest BCUT2D eigenvalue weighted by molar-refractivity contribution is 5.99. The Kier molecular flexibility index (Phi) is 5.86. The molecule has 0 N–H and O–H groups in total. The van der Waals surface area contributed by atoms with Gasteiger partial charge in [-0.2, -0.15) is 4.57 Å². The van der Waals surface area contributed by atoms with Crippen LogP contribution < -0.4 is 13.9 Å². The fourth-order valence-corrected chi connectivity index (χ4v) is 10.1. The Morgan fingerprint density at radius 3 is 1.98 bits per heavy atom. The van der Waals surface area contributed by atoms with Crippen LogP contribution in [0.3, 0.4) is 0 Å². The topological polar surface area (TPSA) is 21.9 Å². The summed E-state index contributed by atoms with van der Waals surface area (Å²) < 4.78 is 89.5. The van der Waals surface area contributed by atoms with E-state index in [1.807, 2.05) is 42.6 Å². The lowest BCUT2D eigenvalue weighted by atomic mass is 9.85. The Bertz CT molecular complexity index is 3640. The van der Waals surface area contributed by atoms with Crippen molar-refractivity contribution in [2.24, 2.45) is 0 Å². The minimum absolute atomic E-state index is 0.00400. The zero-order valence-corrected chi connectivity index (χ0v) is 34.9. The number of benzene rings is 7. The van der Waals surface area contributed by atoms with Crippen LogP contribution in [0.25, 0.3) is 83.9 Å². The van der Waals surface area contributed by atoms with Crippen LogP contribution in [-0.2, 0) is 16.7 Å². The van der Waals surface area contributed by atoms with E-state index in [1.54, 1.807) is 12.1 Å². The van der Waals surface area contributed by atoms with Crippen molar-refractivity contribution < 1.29 is 26.2 Å². The Morgan fingerprint density at radius 1 is 0.548 bits per heavy atom. The summed E-state index contributed by atoms with van der Waals surface area (Å²) in [6, 6.07) is 55.2. The van der Waals surface area contributed by atoms with E-state index >= 15 is 0 Å². The SMILES string of the molecule is [2H]C([2H])([2H])C(c1ccc(-c2cc[n+]3c(c2)-c2cc(-c4ccccc4)cc4c2C32Oc3ccccc3-c3n(-c5ccc(C)cc5-c5ccc(C(C)(C)C)cc5)c5cccc-4c5[n+]32)cc1)(C([2H])([2H])[2H])C([2H])([2H])[2H]. The molecule has 0 radical (unpaired) electrons. The van der Waals surface area contributed by atoms with Gasteiger partial charge in [-0.3, -0.25) is 0 Å². The fraction of sp³-hybridized carbons (Fsp3) is 0.172. The number of hydrogen-bond donors (Lipinski definition) is 0. The lowest BCUT2D eigenvalue weighted by Crippen LogP contribution is -2.78. The number of aromatic nitrogens is 3. The number of imidazole rings is 1. The summed E-state index contributed by atoms with van der Waals surface area (Å²) in [5.74, 6) is 0.418. The smallest absolute Gasteiger partial charge is 0.392 e. The molecule has 5 heterocycles. The van der Waals surface area contributed by atoms with Gasteiger partial charge >= 0.3 is 11.7 Å². The van der Waals surface area contributed by atoms with Crippen LogP contribution in [0, 0.1) is 6.92 Å². The van der Waals surface area contributed by atoms with Crippen molar-refractivity contribution in [3.8, 4) is 78.6 Å². The molecule has 0 aliphatic carbocycles. The van der Waals surface area contributed by atoms with E-state index < -0.39 is 31.8 Å². The molecule has 1 atom stereocenters. The summed E-state index contributed by atoms with van der Waals surface area (Å²) in [6.45, 7) is -1.29.